The third-order valence-electron chi connectivity index (χ3n) is 2.54. The molecule has 0 amide bonds. The van der Waals surface area contributed by atoms with Crippen LogP contribution in [0.4, 0.5) is 5.69 Å². The molecule has 0 fully saturated rings. The molecule has 0 N–H and O–H groups in total. The molecule has 0 heterocycles. The molecule has 0 aromatic heterocycles. The van der Waals surface area contributed by atoms with Crippen molar-refractivity contribution in [3.05, 3.63) is 69.8 Å². The maximum Gasteiger partial charge on any atom is 0.269 e. The lowest BCUT2D eigenvalue weighted by Crippen LogP contribution is -1.97. The lowest BCUT2D eigenvalue weighted by molar-refractivity contribution is -0.384. The summed E-state index contributed by atoms with van der Waals surface area (Å²) in [5.41, 5.74) is 1.33. The van der Waals surface area contributed by atoms with Crippen molar-refractivity contribution < 1.29 is 14.5 Å². The van der Waals surface area contributed by atoms with Crippen molar-refractivity contribution in [1.29, 1.82) is 0 Å². The molecule has 0 saturated heterocycles. The number of nitrogens with zero attached hydrogens (tertiary/aromatic N) is 1. The van der Waals surface area contributed by atoms with Gasteiger partial charge in [-0.3, -0.25) is 14.9 Å². The molecule has 2 aromatic carbocycles. The summed E-state index contributed by atoms with van der Waals surface area (Å²) in [6.07, 6.45) is 0.754. The third kappa shape index (κ3) is 3.38. The number of non-ortho nitro benzene ring substituents is 1. The second-order valence-electron chi connectivity index (χ2n) is 3.90. The lowest BCUT2D eigenvalue weighted by Gasteiger charge is -2.06. The number of aldehydes is 1. The summed E-state index contributed by atoms with van der Waals surface area (Å²) in [6, 6.07) is 12.9. The molecular formula is C14H11NO4. The van der Waals surface area contributed by atoms with Crippen LogP contribution in [-0.4, -0.2) is 11.2 Å². The van der Waals surface area contributed by atoms with Crippen molar-refractivity contribution in [3.63, 3.8) is 0 Å². The molecule has 0 aliphatic rings. The van der Waals surface area contributed by atoms with Crippen LogP contribution in [0.5, 0.6) is 5.75 Å². The van der Waals surface area contributed by atoms with Crippen LogP contribution < -0.4 is 4.74 Å². The molecule has 0 spiro atoms. The van der Waals surface area contributed by atoms with Crippen LogP contribution in [0.2, 0.25) is 0 Å². The van der Waals surface area contributed by atoms with Crippen LogP contribution in [0.1, 0.15) is 15.9 Å². The first-order chi connectivity index (χ1) is 9.19. The van der Waals surface area contributed by atoms with Gasteiger partial charge in [0.2, 0.25) is 0 Å². The van der Waals surface area contributed by atoms with Gasteiger partial charge in [-0.05, 0) is 29.8 Å². The van der Waals surface area contributed by atoms with E-state index in [1.807, 2.05) is 0 Å². The number of nitro benzene ring substituents is 1. The minimum absolute atomic E-state index is 0.0393. The van der Waals surface area contributed by atoms with Gasteiger partial charge in [-0.1, -0.05) is 12.1 Å². The molecule has 0 radical (unpaired) electrons. The predicted molar refractivity (Wildman–Crippen MR) is 69.3 cm³/mol. The van der Waals surface area contributed by atoms with Crippen molar-refractivity contribution in [2.24, 2.45) is 0 Å². The second-order valence-corrected chi connectivity index (χ2v) is 3.90. The van der Waals surface area contributed by atoms with E-state index in [1.54, 1.807) is 36.4 Å². The maximum absolute atomic E-state index is 10.6. The number of carbonyl (C=O) groups excluding carboxylic acids is 1. The highest BCUT2D eigenvalue weighted by molar-refractivity contribution is 5.74. The van der Waals surface area contributed by atoms with Crippen LogP contribution in [0.3, 0.4) is 0 Å². The van der Waals surface area contributed by atoms with Gasteiger partial charge < -0.3 is 4.74 Å². The van der Waals surface area contributed by atoms with Crippen molar-refractivity contribution in [2.75, 3.05) is 0 Å². The van der Waals surface area contributed by atoms with E-state index in [0.29, 0.717) is 16.9 Å². The fourth-order valence-corrected chi connectivity index (χ4v) is 1.57. The van der Waals surface area contributed by atoms with E-state index in [-0.39, 0.29) is 12.3 Å². The Labute approximate surface area is 109 Å². The number of carbonyl (C=O) groups is 1. The Balaban J connectivity index is 2.03. The first-order valence-electron chi connectivity index (χ1n) is 5.60. The first-order valence-corrected chi connectivity index (χ1v) is 5.60. The van der Waals surface area contributed by atoms with Crippen LogP contribution >= 0.6 is 0 Å². The molecule has 0 atom stereocenters. The SMILES string of the molecule is O=Cc1ccc(OCc2cccc([N+](=O)[O-])c2)cc1. The fraction of sp³-hybridized carbons (Fsp3) is 0.0714. The molecule has 5 heteroatoms. The quantitative estimate of drug-likeness (QED) is 0.469. The average molecular weight is 257 g/mol. The Kier molecular flexibility index (Phi) is 3.87. The molecule has 96 valence electrons. The van der Waals surface area contributed by atoms with E-state index < -0.39 is 4.92 Å². The molecule has 0 bridgehead atoms. The number of nitro groups is 1. The van der Waals surface area contributed by atoms with E-state index in [4.69, 9.17) is 4.74 Å². The van der Waals surface area contributed by atoms with Gasteiger partial charge in [0.25, 0.3) is 5.69 Å². The van der Waals surface area contributed by atoms with Crippen LogP contribution in [0.15, 0.2) is 48.5 Å². The molecule has 0 aliphatic carbocycles. The third-order valence-corrected chi connectivity index (χ3v) is 2.54. The zero-order chi connectivity index (χ0) is 13.7. The molecule has 0 unspecified atom stereocenters. The molecule has 0 aliphatic heterocycles. The molecule has 5 nitrogen and oxygen atoms in total. The maximum atomic E-state index is 10.6. The molecule has 19 heavy (non-hydrogen) atoms. The Bertz CT molecular complexity index is 593. The number of ether oxygens (including phenoxy) is 1. The minimum atomic E-state index is -0.442. The predicted octanol–water partition coefficient (Wildman–Crippen LogP) is 2.99. The van der Waals surface area contributed by atoms with Crippen molar-refractivity contribution >= 4 is 12.0 Å². The van der Waals surface area contributed by atoms with Crippen LogP contribution in [0.25, 0.3) is 0 Å². The van der Waals surface area contributed by atoms with E-state index in [2.05, 4.69) is 0 Å². The van der Waals surface area contributed by atoms with Gasteiger partial charge in [0, 0.05) is 17.7 Å². The minimum Gasteiger partial charge on any atom is -0.489 e. The average Bonchev–Trinajstić information content (AvgIpc) is 2.46. The largest absolute Gasteiger partial charge is 0.489 e. The highest BCUT2D eigenvalue weighted by Gasteiger charge is 2.05. The molecule has 2 rings (SSSR count). The summed E-state index contributed by atoms with van der Waals surface area (Å²) in [7, 11) is 0. The van der Waals surface area contributed by atoms with E-state index in [1.165, 1.54) is 12.1 Å². The summed E-state index contributed by atoms with van der Waals surface area (Å²) in [6.45, 7) is 0.238. The highest BCUT2D eigenvalue weighted by Crippen LogP contribution is 2.16. The Morgan fingerprint density at radius 2 is 1.89 bits per heavy atom. The fourth-order valence-electron chi connectivity index (χ4n) is 1.57. The number of benzene rings is 2. The second kappa shape index (κ2) is 5.77. The summed E-state index contributed by atoms with van der Waals surface area (Å²) in [5.74, 6) is 0.608. The Hall–Kier alpha value is -2.69. The summed E-state index contributed by atoms with van der Waals surface area (Å²) in [5, 5.41) is 10.6. The summed E-state index contributed by atoms with van der Waals surface area (Å²) in [4.78, 5) is 20.7. The van der Waals surface area contributed by atoms with Gasteiger partial charge in [0.15, 0.2) is 0 Å². The Morgan fingerprint density at radius 3 is 2.53 bits per heavy atom. The lowest BCUT2D eigenvalue weighted by atomic mass is 10.2. The number of rotatable bonds is 5. The number of hydrogen-bond donors (Lipinski definition) is 0. The van der Waals surface area contributed by atoms with Gasteiger partial charge in [0.05, 0.1) is 4.92 Å². The smallest absolute Gasteiger partial charge is 0.269 e. The van der Waals surface area contributed by atoms with Crippen molar-refractivity contribution in [2.45, 2.75) is 6.61 Å². The van der Waals surface area contributed by atoms with Gasteiger partial charge in [-0.15, -0.1) is 0 Å². The van der Waals surface area contributed by atoms with Crippen molar-refractivity contribution in [1.82, 2.24) is 0 Å². The van der Waals surface area contributed by atoms with Crippen LogP contribution in [-0.2, 0) is 6.61 Å². The Morgan fingerprint density at radius 1 is 1.16 bits per heavy atom. The van der Waals surface area contributed by atoms with Gasteiger partial charge in [-0.2, -0.15) is 0 Å². The standard InChI is InChI=1S/C14H11NO4/c16-9-11-4-6-14(7-5-11)19-10-12-2-1-3-13(8-12)15(17)18/h1-9H,10H2. The highest BCUT2D eigenvalue weighted by atomic mass is 16.6. The van der Waals surface area contributed by atoms with Crippen LogP contribution in [0, 0.1) is 10.1 Å². The topological polar surface area (TPSA) is 69.4 Å². The zero-order valence-corrected chi connectivity index (χ0v) is 9.98. The van der Waals surface area contributed by atoms with Crippen molar-refractivity contribution in [3.8, 4) is 5.75 Å². The van der Waals surface area contributed by atoms with Gasteiger partial charge in [-0.25, -0.2) is 0 Å². The van der Waals surface area contributed by atoms with Gasteiger partial charge >= 0.3 is 0 Å². The molecule has 0 saturated carbocycles. The summed E-state index contributed by atoms with van der Waals surface area (Å²) < 4.78 is 5.49. The number of hydrogen-bond acceptors (Lipinski definition) is 4. The first kappa shape index (κ1) is 12.8. The molecule has 2 aromatic rings. The van der Waals surface area contributed by atoms with E-state index >= 15 is 0 Å². The van der Waals surface area contributed by atoms with E-state index in [0.717, 1.165) is 6.29 Å². The molecular weight excluding hydrogens is 246 g/mol. The summed E-state index contributed by atoms with van der Waals surface area (Å²) >= 11 is 0. The monoisotopic (exact) mass is 257 g/mol. The normalized spacial score (nSPS) is 9.89. The van der Waals surface area contributed by atoms with E-state index in [9.17, 15) is 14.9 Å². The zero-order valence-electron chi connectivity index (χ0n) is 9.98. The van der Waals surface area contributed by atoms with Gasteiger partial charge in [0.1, 0.15) is 18.6 Å².